The summed E-state index contributed by atoms with van der Waals surface area (Å²) < 4.78 is 2.34. The number of amides is 1. The number of hydrogen-bond donors (Lipinski definition) is 1. The van der Waals surface area contributed by atoms with Crippen molar-refractivity contribution in [1.82, 2.24) is 14.9 Å². The summed E-state index contributed by atoms with van der Waals surface area (Å²) in [6, 6.07) is 10.0. The quantitative estimate of drug-likeness (QED) is 0.299. The van der Waals surface area contributed by atoms with Crippen molar-refractivity contribution >= 4 is 39.2 Å². The monoisotopic (exact) mass is 453 g/mol. The Hall–Kier alpha value is -2.38. The SMILES string of the molecule is Cc1ccc(Cn2c(SCC(=O)NCCC3=CCCCC3)nc3ccsc3c2=O)cc1. The molecule has 4 rings (SSSR count). The van der Waals surface area contributed by atoms with Crippen LogP contribution in [0.5, 0.6) is 0 Å². The Kier molecular flexibility index (Phi) is 7.25. The van der Waals surface area contributed by atoms with Gasteiger partial charge in [0.25, 0.3) is 5.56 Å². The van der Waals surface area contributed by atoms with Gasteiger partial charge in [0.1, 0.15) is 4.70 Å². The number of aryl methyl sites for hydroxylation is 1. The molecule has 1 amide bonds. The lowest BCUT2D eigenvalue weighted by Gasteiger charge is -2.14. The number of allylic oxidation sites excluding steroid dienone is 1. The standard InChI is InChI=1S/C24H27N3O2S2/c1-17-7-9-19(10-8-17)15-27-23(29)22-20(12-14-30-22)26-24(27)31-16-21(28)25-13-11-18-5-3-2-4-6-18/h5,7-10,12,14H,2-4,6,11,13,15-16H2,1H3,(H,25,28). The molecule has 31 heavy (non-hydrogen) atoms. The third kappa shape index (κ3) is 5.66. The van der Waals surface area contributed by atoms with E-state index in [0.717, 1.165) is 24.8 Å². The molecule has 3 aromatic rings. The van der Waals surface area contributed by atoms with E-state index in [2.05, 4.69) is 16.4 Å². The molecule has 0 spiro atoms. The van der Waals surface area contributed by atoms with Crippen LogP contribution in [0.4, 0.5) is 0 Å². The van der Waals surface area contributed by atoms with Crippen molar-refractivity contribution in [3.63, 3.8) is 0 Å². The van der Waals surface area contributed by atoms with Crippen LogP contribution in [0, 0.1) is 6.92 Å². The lowest BCUT2D eigenvalue weighted by atomic mass is 9.97. The Morgan fingerprint density at radius 1 is 1.23 bits per heavy atom. The van der Waals surface area contributed by atoms with E-state index >= 15 is 0 Å². The van der Waals surface area contributed by atoms with E-state index in [1.807, 2.05) is 42.6 Å². The maximum absolute atomic E-state index is 13.1. The summed E-state index contributed by atoms with van der Waals surface area (Å²) >= 11 is 2.73. The molecular formula is C24H27N3O2S2. The van der Waals surface area contributed by atoms with Crippen LogP contribution in [0.25, 0.3) is 10.2 Å². The summed E-state index contributed by atoms with van der Waals surface area (Å²) in [6.45, 7) is 3.15. The fourth-order valence-corrected chi connectivity index (χ4v) is 5.33. The number of thioether (sulfide) groups is 1. The lowest BCUT2D eigenvalue weighted by molar-refractivity contribution is -0.118. The molecule has 7 heteroatoms. The van der Waals surface area contributed by atoms with E-state index in [0.29, 0.717) is 28.5 Å². The summed E-state index contributed by atoms with van der Waals surface area (Å²) in [7, 11) is 0. The predicted octanol–water partition coefficient (Wildman–Crippen LogP) is 4.91. The number of aromatic nitrogens is 2. The van der Waals surface area contributed by atoms with Crippen LogP contribution in [0.3, 0.4) is 0 Å². The van der Waals surface area contributed by atoms with Crippen LogP contribution in [0.2, 0.25) is 0 Å². The molecule has 5 nitrogen and oxygen atoms in total. The number of nitrogens with zero attached hydrogens (tertiary/aromatic N) is 2. The maximum Gasteiger partial charge on any atom is 0.272 e. The van der Waals surface area contributed by atoms with Crippen LogP contribution in [-0.4, -0.2) is 27.8 Å². The number of thiophene rings is 1. The van der Waals surface area contributed by atoms with Crippen LogP contribution >= 0.6 is 23.1 Å². The summed E-state index contributed by atoms with van der Waals surface area (Å²) in [4.78, 5) is 30.2. The van der Waals surface area contributed by atoms with Crippen molar-refractivity contribution in [2.24, 2.45) is 0 Å². The van der Waals surface area contributed by atoms with Crippen molar-refractivity contribution in [1.29, 1.82) is 0 Å². The first-order valence-corrected chi connectivity index (χ1v) is 12.6. The average Bonchev–Trinajstić information content (AvgIpc) is 3.25. The number of carbonyl (C=O) groups excluding carboxylic acids is 1. The second-order valence-electron chi connectivity index (χ2n) is 7.90. The lowest BCUT2D eigenvalue weighted by Crippen LogP contribution is -2.28. The molecule has 2 aromatic heterocycles. The fourth-order valence-electron chi connectivity index (χ4n) is 3.72. The van der Waals surface area contributed by atoms with Crippen molar-refractivity contribution in [2.75, 3.05) is 12.3 Å². The topological polar surface area (TPSA) is 64.0 Å². The largest absolute Gasteiger partial charge is 0.355 e. The molecule has 0 saturated carbocycles. The zero-order valence-electron chi connectivity index (χ0n) is 17.7. The molecule has 1 aliphatic rings. The second-order valence-corrected chi connectivity index (χ2v) is 9.76. The van der Waals surface area contributed by atoms with Crippen LogP contribution in [0.15, 0.2) is 57.3 Å². The molecule has 0 saturated heterocycles. The van der Waals surface area contributed by atoms with Crippen LogP contribution < -0.4 is 10.9 Å². The van der Waals surface area contributed by atoms with Gasteiger partial charge in [0.05, 0.1) is 17.8 Å². The molecule has 0 radical (unpaired) electrons. The zero-order chi connectivity index (χ0) is 21.6. The van der Waals surface area contributed by atoms with E-state index < -0.39 is 0 Å². The second kappa shape index (κ2) is 10.3. The molecule has 0 fully saturated rings. The van der Waals surface area contributed by atoms with Gasteiger partial charge in [0, 0.05) is 6.54 Å². The van der Waals surface area contributed by atoms with Crippen molar-refractivity contribution in [2.45, 2.75) is 50.7 Å². The van der Waals surface area contributed by atoms with E-state index in [4.69, 9.17) is 0 Å². The summed E-state index contributed by atoms with van der Waals surface area (Å²) in [5.74, 6) is 0.220. The Bertz CT molecular complexity index is 1150. The molecule has 0 atom stereocenters. The van der Waals surface area contributed by atoms with Gasteiger partial charge in [-0.2, -0.15) is 0 Å². The summed E-state index contributed by atoms with van der Waals surface area (Å²) in [5, 5.41) is 5.48. The van der Waals surface area contributed by atoms with Crippen LogP contribution in [0.1, 0.15) is 43.2 Å². The summed E-state index contributed by atoms with van der Waals surface area (Å²) in [5.41, 5.74) is 4.32. The first-order chi connectivity index (χ1) is 15.1. The summed E-state index contributed by atoms with van der Waals surface area (Å²) in [6.07, 6.45) is 8.08. The van der Waals surface area contributed by atoms with E-state index in [1.54, 1.807) is 4.57 Å². The van der Waals surface area contributed by atoms with Gasteiger partial charge in [-0.25, -0.2) is 4.98 Å². The van der Waals surface area contributed by atoms with Gasteiger partial charge in [0.15, 0.2) is 5.16 Å². The van der Waals surface area contributed by atoms with Crippen molar-refractivity contribution in [3.8, 4) is 0 Å². The molecule has 1 N–H and O–H groups in total. The van der Waals surface area contributed by atoms with Gasteiger partial charge >= 0.3 is 0 Å². The van der Waals surface area contributed by atoms with Gasteiger partial charge in [-0.1, -0.05) is 53.2 Å². The van der Waals surface area contributed by atoms with Gasteiger partial charge in [-0.15, -0.1) is 11.3 Å². The minimum absolute atomic E-state index is 0.0250. The average molecular weight is 454 g/mol. The first-order valence-electron chi connectivity index (χ1n) is 10.7. The molecule has 1 aliphatic carbocycles. The van der Waals surface area contributed by atoms with Gasteiger partial charge < -0.3 is 5.32 Å². The number of hydrogen-bond acceptors (Lipinski definition) is 5. The van der Waals surface area contributed by atoms with Crippen molar-refractivity contribution < 1.29 is 4.79 Å². The first kappa shape index (κ1) is 21.8. The van der Waals surface area contributed by atoms with Gasteiger partial charge in [-0.3, -0.25) is 14.2 Å². The Balaban J connectivity index is 1.44. The molecule has 0 bridgehead atoms. The smallest absolute Gasteiger partial charge is 0.272 e. The number of nitrogens with one attached hydrogen (secondary N) is 1. The molecule has 162 valence electrons. The maximum atomic E-state index is 13.1. The Morgan fingerprint density at radius 3 is 2.84 bits per heavy atom. The molecule has 1 aromatic carbocycles. The minimum atomic E-state index is -0.0484. The molecule has 0 aliphatic heterocycles. The van der Waals surface area contributed by atoms with Crippen LogP contribution in [-0.2, 0) is 11.3 Å². The highest BCUT2D eigenvalue weighted by atomic mass is 32.2. The van der Waals surface area contributed by atoms with Gasteiger partial charge in [0.2, 0.25) is 5.91 Å². The molecular weight excluding hydrogens is 426 g/mol. The molecule has 0 unspecified atom stereocenters. The number of carbonyl (C=O) groups is 1. The fraction of sp³-hybridized carbons (Fsp3) is 0.375. The highest BCUT2D eigenvalue weighted by molar-refractivity contribution is 7.99. The normalized spacial score (nSPS) is 13.9. The Labute approximate surface area is 190 Å². The third-order valence-electron chi connectivity index (χ3n) is 5.48. The predicted molar refractivity (Wildman–Crippen MR) is 129 cm³/mol. The highest BCUT2D eigenvalue weighted by Gasteiger charge is 2.15. The number of fused-ring (bicyclic) bond motifs is 1. The third-order valence-corrected chi connectivity index (χ3v) is 7.35. The zero-order valence-corrected chi connectivity index (χ0v) is 19.4. The molecule has 2 heterocycles. The highest BCUT2D eigenvalue weighted by Crippen LogP contribution is 2.22. The van der Waals surface area contributed by atoms with E-state index in [1.165, 1.54) is 47.1 Å². The van der Waals surface area contributed by atoms with Crippen molar-refractivity contribution in [3.05, 3.63) is 68.8 Å². The minimum Gasteiger partial charge on any atom is -0.355 e. The van der Waals surface area contributed by atoms with E-state index in [9.17, 15) is 9.59 Å². The van der Waals surface area contributed by atoms with E-state index in [-0.39, 0.29) is 17.2 Å². The van der Waals surface area contributed by atoms with Gasteiger partial charge in [-0.05, 0) is 56.0 Å². The number of benzene rings is 1. The Morgan fingerprint density at radius 2 is 2.06 bits per heavy atom. The number of rotatable bonds is 8.